The van der Waals surface area contributed by atoms with Gasteiger partial charge in [-0.3, -0.25) is 0 Å². The highest BCUT2D eigenvalue weighted by atomic mass is 32.1. The van der Waals surface area contributed by atoms with Gasteiger partial charge >= 0.3 is 0 Å². The Bertz CT molecular complexity index is 284. The predicted octanol–water partition coefficient (Wildman–Crippen LogP) is 2.02. The third kappa shape index (κ3) is 1.82. The van der Waals surface area contributed by atoms with Gasteiger partial charge in [-0.05, 0) is 19.3 Å². The number of rotatable bonds is 3. The molecule has 0 aromatic carbocycles. The lowest BCUT2D eigenvalue weighted by atomic mass is 10.2. The topological polar surface area (TPSA) is 48.1 Å². The molecule has 3 nitrogen and oxygen atoms in total. The highest BCUT2D eigenvalue weighted by Crippen LogP contribution is 2.32. The van der Waals surface area contributed by atoms with E-state index in [1.165, 1.54) is 4.88 Å². The first-order valence-electron chi connectivity index (χ1n) is 5.15. The van der Waals surface area contributed by atoms with E-state index in [0.717, 1.165) is 36.6 Å². The summed E-state index contributed by atoms with van der Waals surface area (Å²) in [6.45, 7) is 3.60. The summed E-state index contributed by atoms with van der Waals surface area (Å²) < 4.78 is 5.60. The molecule has 1 aromatic rings. The molecule has 0 saturated carbocycles. The Morgan fingerprint density at radius 2 is 2.50 bits per heavy atom. The molecule has 78 valence electrons. The largest absolute Gasteiger partial charge is 0.371 e. The van der Waals surface area contributed by atoms with Crippen LogP contribution in [0.1, 0.15) is 41.4 Å². The number of aromatic nitrogens is 1. The van der Waals surface area contributed by atoms with Gasteiger partial charge in [0.05, 0.1) is 5.69 Å². The zero-order chi connectivity index (χ0) is 9.97. The van der Waals surface area contributed by atoms with E-state index in [1.54, 1.807) is 11.3 Å². The van der Waals surface area contributed by atoms with Crippen LogP contribution >= 0.6 is 11.3 Å². The molecule has 1 aromatic heterocycles. The maximum atomic E-state index is 5.67. The van der Waals surface area contributed by atoms with E-state index < -0.39 is 0 Å². The van der Waals surface area contributed by atoms with Gasteiger partial charge in [0.15, 0.2) is 0 Å². The molecule has 1 atom stereocenters. The molecule has 2 heterocycles. The molecule has 0 bridgehead atoms. The van der Waals surface area contributed by atoms with Crippen LogP contribution in [-0.2, 0) is 17.7 Å². The predicted molar refractivity (Wildman–Crippen MR) is 57.3 cm³/mol. The van der Waals surface area contributed by atoms with Crippen molar-refractivity contribution in [2.24, 2.45) is 5.73 Å². The molecular weight excluding hydrogens is 196 g/mol. The average Bonchev–Trinajstić information content (AvgIpc) is 2.85. The van der Waals surface area contributed by atoms with E-state index in [-0.39, 0.29) is 6.10 Å². The van der Waals surface area contributed by atoms with E-state index >= 15 is 0 Å². The van der Waals surface area contributed by atoms with Crippen LogP contribution in [0.3, 0.4) is 0 Å². The van der Waals surface area contributed by atoms with Gasteiger partial charge in [0.2, 0.25) is 0 Å². The fraction of sp³-hybridized carbons (Fsp3) is 0.700. The van der Waals surface area contributed by atoms with Gasteiger partial charge in [-0.2, -0.15) is 0 Å². The Morgan fingerprint density at radius 1 is 1.64 bits per heavy atom. The van der Waals surface area contributed by atoms with Crippen LogP contribution in [0.15, 0.2) is 0 Å². The van der Waals surface area contributed by atoms with Gasteiger partial charge in [-0.1, -0.05) is 6.92 Å². The first-order chi connectivity index (χ1) is 6.85. The number of hydrogen-bond donors (Lipinski definition) is 1. The quantitative estimate of drug-likeness (QED) is 0.833. The zero-order valence-electron chi connectivity index (χ0n) is 8.45. The van der Waals surface area contributed by atoms with Crippen LogP contribution in [0.2, 0.25) is 0 Å². The first-order valence-corrected chi connectivity index (χ1v) is 5.97. The summed E-state index contributed by atoms with van der Waals surface area (Å²) in [5.74, 6) is 0. The number of thiazole rings is 1. The lowest BCUT2D eigenvalue weighted by Gasteiger charge is -2.03. The Labute approximate surface area is 88.3 Å². The van der Waals surface area contributed by atoms with Crippen molar-refractivity contribution in [3.63, 3.8) is 0 Å². The highest BCUT2D eigenvalue weighted by Gasteiger charge is 2.22. The maximum absolute atomic E-state index is 5.67. The van der Waals surface area contributed by atoms with Gasteiger partial charge in [0.1, 0.15) is 11.1 Å². The van der Waals surface area contributed by atoms with Gasteiger partial charge in [0.25, 0.3) is 0 Å². The molecule has 0 radical (unpaired) electrons. The Morgan fingerprint density at radius 3 is 3.00 bits per heavy atom. The van der Waals surface area contributed by atoms with Crippen LogP contribution < -0.4 is 5.73 Å². The third-order valence-corrected chi connectivity index (χ3v) is 3.73. The molecule has 1 unspecified atom stereocenters. The molecule has 4 heteroatoms. The van der Waals surface area contributed by atoms with Gasteiger partial charge < -0.3 is 10.5 Å². The van der Waals surface area contributed by atoms with Gasteiger partial charge in [0, 0.05) is 18.0 Å². The molecule has 2 N–H and O–H groups in total. The van der Waals surface area contributed by atoms with Crippen LogP contribution in [-0.4, -0.2) is 11.6 Å². The van der Waals surface area contributed by atoms with Crippen molar-refractivity contribution in [1.29, 1.82) is 0 Å². The minimum atomic E-state index is 0.241. The summed E-state index contributed by atoms with van der Waals surface area (Å²) in [6, 6.07) is 0. The monoisotopic (exact) mass is 212 g/mol. The summed E-state index contributed by atoms with van der Waals surface area (Å²) >= 11 is 1.72. The molecule has 1 saturated heterocycles. The molecule has 1 aliphatic rings. The van der Waals surface area contributed by atoms with Crippen molar-refractivity contribution in [1.82, 2.24) is 4.98 Å². The fourth-order valence-corrected chi connectivity index (χ4v) is 2.87. The second kappa shape index (κ2) is 4.38. The number of nitrogens with two attached hydrogens (primary N) is 1. The number of ether oxygens (including phenoxy) is 1. The number of hydrogen-bond acceptors (Lipinski definition) is 4. The van der Waals surface area contributed by atoms with E-state index in [2.05, 4.69) is 11.9 Å². The normalized spacial score (nSPS) is 21.7. The Kier molecular flexibility index (Phi) is 3.15. The number of nitrogens with zero attached hydrogens (tertiary/aromatic N) is 1. The zero-order valence-corrected chi connectivity index (χ0v) is 9.27. The van der Waals surface area contributed by atoms with Crippen molar-refractivity contribution in [3.05, 3.63) is 15.6 Å². The van der Waals surface area contributed by atoms with E-state index in [0.29, 0.717) is 6.54 Å². The third-order valence-electron chi connectivity index (χ3n) is 2.52. The smallest absolute Gasteiger partial charge is 0.122 e. The molecule has 0 aliphatic carbocycles. The molecule has 1 aliphatic heterocycles. The average molecular weight is 212 g/mol. The van der Waals surface area contributed by atoms with Crippen molar-refractivity contribution < 1.29 is 4.74 Å². The number of aryl methyl sites for hydroxylation is 1. The minimum Gasteiger partial charge on any atom is -0.371 e. The molecule has 14 heavy (non-hydrogen) atoms. The lowest BCUT2D eigenvalue weighted by molar-refractivity contribution is 0.111. The van der Waals surface area contributed by atoms with Crippen molar-refractivity contribution in [2.75, 3.05) is 6.61 Å². The second-order valence-corrected chi connectivity index (χ2v) is 4.60. The highest BCUT2D eigenvalue weighted by molar-refractivity contribution is 7.11. The standard InChI is InChI=1S/C10H16N2OS/c1-2-7-9(6-11)14-10(12-7)8-4-3-5-13-8/h8H,2-6,11H2,1H3. The lowest BCUT2D eigenvalue weighted by Crippen LogP contribution is -1.97. The van der Waals surface area contributed by atoms with Crippen LogP contribution in [0.25, 0.3) is 0 Å². The SMILES string of the molecule is CCc1nc(C2CCCO2)sc1CN. The van der Waals surface area contributed by atoms with Crippen molar-refractivity contribution >= 4 is 11.3 Å². The first kappa shape index (κ1) is 10.1. The van der Waals surface area contributed by atoms with Gasteiger partial charge in [-0.15, -0.1) is 11.3 Å². The minimum absolute atomic E-state index is 0.241. The summed E-state index contributed by atoms with van der Waals surface area (Å²) in [6.07, 6.45) is 3.48. The van der Waals surface area contributed by atoms with Crippen LogP contribution in [0.4, 0.5) is 0 Å². The van der Waals surface area contributed by atoms with Crippen molar-refractivity contribution in [3.8, 4) is 0 Å². The summed E-state index contributed by atoms with van der Waals surface area (Å²) in [4.78, 5) is 5.82. The molecular formula is C10H16N2OS. The van der Waals surface area contributed by atoms with E-state index in [9.17, 15) is 0 Å². The van der Waals surface area contributed by atoms with Gasteiger partial charge in [-0.25, -0.2) is 4.98 Å². The fourth-order valence-electron chi connectivity index (χ4n) is 1.75. The summed E-state index contributed by atoms with van der Waals surface area (Å²) in [5.41, 5.74) is 6.82. The molecule has 0 amide bonds. The van der Waals surface area contributed by atoms with E-state index in [4.69, 9.17) is 10.5 Å². The molecule has 0 spiro atoms. The van der Waals surface area contributed by atoms with E-state index in [1.807, 2.05) is 0 Å². The summed E-state index contributed by atoms with van der Waals surface area (Å²) in [7, 11) is 0. The van der Waals surface area contributed by atoms with Crippen LogP contribution in [0, 0.1) is 0 Å². The second-order valence-electron chi connectivity index (χ2n) is 3.48. The molecule has 2 rings (SSSR count). The van der Waals surface area contributed by atoms with Crippen molar-refractivity contribution in [2.45, 2.75) is 38.8 Å². The summed E-state index contributed by atoms with van der Waals surface area (Å²) in [5, 5.41) is 1.12. The maximum Gasteiger partial charge on any atom is 0.122 e. The molecule has 1 fully saturated rings. The Balaban J connectivity index is 2.21. The Hall–Kier alpha value is -0.450. The van der Waals surface area contributed by atoms with Crippen LogP contribution in [0.5, 0.6) is 0 Å².